The molecule has 0 aliphatic heterocycles. The lowest BCUT2D eigenvalue weighted by Gasteiger charge is -2.43. The van der Waals surface area contributed by atoms with E-state index < -0.39 is 30.7 Å². The molecule has 33 heavy (non-hydrogen) atoms. The van der Waals surface area contributed by atoms with Gasteiger partial charge in [0.25, 0.3) is 8.32 Å². The Morgan fingerprint density at radius 2 is 1.48 bits per heavy atom. The quantitative estimate of drug-likeness (QED) is 0.381. The predicted octanol–water partition coefficient (Wildman–Crippen LogP) is 2.74. The fourth-order valence-corrected chi connectivity index (χ4v) is 9.21. The summed E-state index contributed by atoms with van der Waals surface area (Å²) in [6.07, 6.45) is -1.23. The van der Waals surface area contributed by atoms with Crippen molar-refractivity contribution in [2.24, 2.45) is 11.1 Å². The Morgan fingerprint density at radius 3 is 1.88 bits per heavy atom. The Kier molecular flexibility index (Phi) is 9.39. The van der Waals surface area contributed by atoms with Crippen LogP contribution in [0.3, 0.4) is 0 Å². The number of carbonyl (C=O) groups excluding carboxylic acids is 1. The SMILES string of the molecule is CCOC(=O)[C@@H](C[C@H](C)CO[Si](c1ccccc1)(c1ccccc1)C(C)(C)C)OS(N)(=O)=O. The summed E-state index contributed by atoms with van der Waals surface area (Å²) in [5.74, 6) is -0.966. The minimum absolute atomic E-state index is 0.0907. The number of hydrogen-bond acceptors (Lipinski definition) is 6. The molecule has 2 aromatic carbocycles. The third kappa shape index (κ3) is 7.22. The van der Waals surface area contributed by atoms with Crippen LogP contribution in [0, 0.1) is 5.92 Å². The first-order valence-electron chi connectivity index (χ1n) is 11.0. The van der Waals surface area contributed by atoms with Gasteiger partial charge in [-0.25, -0.2) is 14.1 Å². The molecule has 2 aromatic rings. The second-order valence-corrected chi connectivity index (χ2v) is 14.6. The van der Waals surface area contributed by atoms with Crippen molar-refractivity contribution in [3.63, 3.8) is 0 Å². The molecule has 2 N–H and O–H groups in total. The highest BCUT2D eigenvalue weighted by atomic mass is 32.2. The van der Waals surface area contributed by atoms with E-state index in [0.717, 1.165) is 10.4 Å². The summed E-state index contributed by atoms with van der Waals surface area (Å²) in [6, 6.07) is 20.4. The van der Waals surface area contributed by atoms with Crippen molar-refractivity contribution in [2.45, 2.75) is 52.2 Å². The Bertz CT molecular complexity index is 953. The van der Waals surface area contributed by atoms with Gasteiger partial charge in [-0.05, 0) is 34.7 Å². The average Bonchev–Trinajstić information content (AvgIpc) is 2.73. The molecule has 2 atom stereocenters. The molecule has 0 saturated carbocycles. The monoisotopic (exact) mass is 493 g/mol. The van der Waals surface area contributed by atoms with Crippen LogP contribution in [0.4, 0.5) is 0 Å². The molecule has 0 heterocycles. The molecule has 182 valence electrons. The van der Waals surface area contributed by atoms with E-state index in [1.54, 1.807) is 6.92 Å². The first kappa shape index (κ1) is 27.2. The molecule has 0 radical (unpaired) electrons. The summed E-state index contributed by atoms with van der Waals surface area (Å²) in [5, 5.41) is 7.09. The molecule has 0 unspecified atom stereocenters. The van der Waals surface area contributed by atoms with Crippen LogP contribution in [0.2, 0.25) is 5.04 Å². The second-order valence-electron chi connectivity index (χ2n) is 9.14. The minimum Gasteiger partial charge on any atom is -0.464 e. The average molecular weight is 494 g/mol. The summed E-state index contributed by atoms with van der Waals surface area (Å²) in [5.41, 5.74) is 0. The molecule has 0 amide bonds. The van der Waals surface area contributed by atoms with Gasteiger partial charge in [-0.2, -0.15) is 8.42 Å². The van der Waals surface area contributed by atoms with Crippen molar-refractivity contribution in [2.75, 3.05) is 13.2 Å². The first-order valence-corrected chi connectivity index (χ1v) is 14.4. The zero-order valence-electron chi connectivity index (χ0n) is 20.0. The molecule has 0 aliphatic rings. The van der Waals surface area contributed by atoms with Crippen LogP contribution in [0.25, 0.3) is 0 Å². The van der Waals surface area contributed by atoms with E-state index in [4.69, 9.17) is 18.5 Å². The van der Waals surface area contributed by atoms with Crippen molar-refractivity contribution in [1.29, 1.82) is 0 Å². The van der Waals surface area contributed by atoms with Crippen molar-refractivity contribution < 1.29 is 26.6 Å². The van der Waals surface area contributed by atoms with E-state index in [2.05, 4.69) is 45.0 Å². The molecule has 0 aliphatic carbocycles. The normalized spacial score (nSPS) is 14.5. The summed E-state index contributed by atoms with van der Waals surface area (Å²) >= 11 is 0. The molecular formula is C24H35NO6SSi. The summed E-state index contributed by atoms with van der Waals surface area (Å²) in [4.78, 5) is 12.3. The van der Waals surface area contributed by atoms with Gasteiger partial charge >= 0.3 is 16.3 Å². The van der Waals surface area contributed by atoms with Crippen LogP contribution in [0.15, 0.2) is 60.7 Å². The lowest BCUT2D eigenvalue weighted by Crippen LogP contribution is -2.66. The zero-order chi connectivity index (χ0) is 24.7. The maximum atomic E-state index is 12.3. The third-order valence-corrected chi connectivity index (χ3v) is 10.9. The number of nitrogens with two attached hydrogens (primary N) is 1. The highest BCUT2D eigenvalue weighted by molar-refractivity contribution is 7.84. The Hall–Kier alpha value is -2.04. The summed E-state index contributed by atoms with van der Waals surface area (Å²) in [7, 11) is -7.07. The fraction of sp³-hybridized carbons (Fsp3) is 0.458. The molecule has 7 nitrogen and oxygen atoms in total. The van der Waals surface area contributed by atoms with Crippen LogP contribution < -0.4 is 15.5 Å². The Balaban J connectivity index is 2.36. The van der Waals surface area contributed by atoms with Crippen LogP contribution >= 0.6 is 0 Å². The summed E-state index contributed by atoms with van der Waals surface area (Å²) < 4.78 is 39.6. The molecule has 9 heteroatoms. The Labute approximate surface area is 198 Å². The van der Waals surface area contributed by atoms with Crippen molar-refractivity contribution >= 4 is 35.0 Å². The smallest absolute Gasteiger partial charge is 0.336 e. The van der Waals surface area contributed by atoms with Crippen LogP contribution in [-0.2, 0) is 28.4 Å². The lowest BCUT2D eigenvalue weighted by atomic mass is 10.1. The van der Waals surface area contributed by atoms with Gasteiger partial charge < -0.3 is 9.16 Å². The van der Waals surface area contributed by atoms with Crippen LogP contribution in [0.1, 0.15) is 41.0 Å². The maximum Gasteiger partial charge on any atom is 0.336 e. The van der Waals surface area contributed by atoms with Gasteiger partial charge in [-0.15, -0.1) is 0 Å². The predicted molar refractivity (Wildman–Crippen MR) is 132 cm³/mol. The maximum absolute atomic E-state index is 12.3. The van der Waals surface area contributed by atoms with E-state index in [1.807, 2.05) is 43.3 Å². The molecule has 0 bridgehead atoms. The highest BCUT2D eigenvalue weighted by Crippen LogP contribution is 2.37. The minimum atomic E-state index is -4.32. The van der Waals surface area contributed by atoms with E-state index in [9.17, 15) is 13.2 Å². The van der Waals surface area contributed by atoms with Crippen molar-refractivity contribution in [3.8, 4) is 0 Å². The van der Waals surface area contributed by atoms with Gasteiger partial charge in [0, 0.05) is 6.61 Å². The van der Waals surface area contributed by atoms with Crippen LogP contribution in [-0.4, -0.2) is 42.0 Å². The van der Waals surface area contributed by atoms with Gasteiger partial charge in [0.05, 0.1) is 6.61 Å². The van der Waals surface area contributed by atoms with Gasteiger partial charge in [-0.1, -0.05) is 88.4 Å². The number of hydrogen-bond donors (Lipinski definition) is 1. The van der Waals surface area contributed by atoms with Gasteiger partial charge in [0.1, 0.15) is 0 Å². The lowest BCUT2D eigenvalue weighted by molar-refractivity contribution is -0.152. The first-order chi connectivity index (χ1) is 15.4. The topological polar surface area (TPSA) is 105 Å². The molecule has 0 aromatic heterocycles. The number of benzene rings is 2. The fourth-order valence-electron chi connectivity index (χ4n) is 4.03. The van der Waals surface area contributed by atoms with Gasteiger partial charge in [-0.3, -0.25) is 0 Å². The third-order valence-electron chi connectivity index (χ3n) is 5.42. The van der Waals surface area contributed by atoms with Gasteiger partial charge in [0.15, 0.2) is 6.10 Å². The van der Waals surface area contributed by atoms with E-state index >= 15 is 0 Å². The zero-order valence-corrected chi connectivity index (χ0v) is 21.8. The molecule has 0 spiro atoms. The standard InChI is InChI=1S/C24H35NO6SSi/c1-6-29-23(26)22(31-32(25,27)28)17-19(2)18-30-33(24(3,4)5,20-13-9-7-10-14-20)21-15-11-8-12-16-21/h7-16,19,22H,6,17-18H2,1-5H3,(H2,25,27,28)/t19-,22+/m0/s1. The van der Waals surface area contributed by atoms with Crippen molar-refractivity contribution in [3.05, 3.63) is 60.7 Å². The van der Waals surface area contributed by atoms with Crippen LogP contribution in [0.5, 0.6) is 0 Å². The van der Waals surface area contributed by atoms with Gasteiger partial charge in [0.2, 0.25) is 0 Å². The largest absolute Gasteiger partial charge is 0.464 e. The second kappa shape index (κ2) is 11.4. The molecule has 0 fully saturated rings. The number of ether oxygens (including phenoxy) is 1. The molecule has 2 rings (SSSR count). The van der Waals surface area contributed by atoms with E-state index in [1.165, 1.54) is 0 Å². The number of esters is 1. The van der Waals surface area contributed by atoms with E-state index in [0.29, 0.717) is 6.61 Å². The van der Waals surface area contributed by atoms with E-state index in [-0.39, 0.29) is 24.0 Å². The summed E-state index contributed by atoms with van der Waals surface area (Å²) in [6.45, 7) is 10.5. The number of rotatable bonds is 11. The molecular weight excluding hydrogens is 458 g/mol. The number of carbonyl (C=O) groups is 1. The molecule has 0 saturated heterocycles. The highest BCUT2D eigenvalue weighted by Gasteiger charge is 2.50. The Morgan fingerprint density at radius 1 is 1.00 bits per heavy atom. The van der Waals surface area contributed by atoms with Crippen molar-refractivity contribution in [1.82, 2.24) is 0 Å².